The van der Waals surface area contributed by atoms with Gasteiger partial charge in [0.05, 0.1) is 10.5 Å². The summed E-state index contributed by atoms with van der Waals surface area (Å²) in [7, 11) is 0. The van der Waals surface area contributed by atoms with Gasteiger partial charge in [0.15, 0.2) is 0 Å². The van der Waals surface area contributed by atoms with Crippen LogP contribution < -0.4 is 5.56 Å². The topological polar surface area (TPSA) is 34.9 Å². The smallest absolute Gasteiger partial charge is 0.258 e. The first-order valence-corrected chi connectivity index (χ1v) is 5.99. The van der Waals surface area contributed by atoms with Crippen LogP contribution >= 0.6 is 15.9 Å². The predicted octanol–water partition coefficient (Wildman–Crippen LogP) is 2.83. The Morgan fingerprint density at radius 1 is 1.29 bits per heavy atom. The summed E-state index contributed by atoms with van der Waals surface area (Å²) in [6, 6.07) is 7.12. The molecule has 1 heterocycles. The van der Waals surface area contributed by atoms with Crippen LogP contribution in [0.2, 0.25) is 0 Å². The van der Waals surface area contributed by atoms with Crippen molar-refractivity contribution in [3.63, 3.8) is 0 Å². The highest BCUT2D eigenvalue weighted by atomic mass is 79.9. The van der Waals surface area contributed by atoms with Crippen molar-refractivity contribution in [1.82, 2.24) is 9.55 Å². The average molecular weight is 297 g/mol. The monoisotopic (exact) mass is 296 g/mol. The summed E-state index contributed by atoms with van der Waals surface area (Å²) in [5, 5.41) is 0. The summed E-state index contributed by atoms with van der Waals surface area (Å²) in [6.07, 6.45) is 1.47. The van der Waals surface area contributed by atoms with E-state index in [1.807, 2.05) is 6.92 Å². The van der Waals surface area contributed by atoms with Gasteiger partial charge in [-0.05, 0) is 31.2 Å². The lowest BCUT2D eigenvalue weighted by atomic mass is 10.3. The molecule has 88 valence electrons. The number of halogens is 2. The Labute approximate surface area is 106 Å². The highest BCUT2D eigenvalue weighted by Gasteiger charge is 2.11. The Bertz CT molecular complexity index is 578. The lowest BCUT2D eigenvalue weighted by Crippen LogP contribution is -2.22. The quantitative estimate of drug-likeness (QED) is 0.799. The van der Waals surface area contributed by atoms with E-state index in [2.05, 4.69) is 20.9 Å². The molecule has 0 aliphatic carbocycles. The van der Waals surface area contributed by atoms with Crippen molar-refractivity contribution in [3.05, 3.63) is 58.5 Å². The Morgan fingerprint density at radius 2 is 1.94 bits per heavy atom. The van der Waals surface area contributed by atoms with E-state index in [1.165, 1.54) is 29.0 Å². The molecule has 0 amide bonds. The second-order valence-corrected chi connectivity index (χ2v) is 4.94. The molecule has 0 aliphatic heterocycles. The Balaban J connectivity index is 2.65. The molecule has 2 rings (SSSR count). The van der Waals surface area contributed by atoms with Crippen molar-refractivity contribution in [1.29, 1.82) is 0 Å². The van der Waals surface area contributed by atoms with E-state index in [1.54, 1.807) is 12.1 Å². The molecule has 0 bridgehead atoms. The fourth-order valence-electron chi connectivity index (χ4n) is 1.55. The van der Waals surface area contributed by atoms with Crippen molar-refractivity contribution in [2.24, 2.45) is 0 Å². The SMILES string of the molecule is C[C@H](Br)c1nccc(=O)n1-c1ccc(F)cc1. The maximum Gasteiger partial charge on any atom is 0.258 e. The third-order valence-corrected chi connectivity index (χ3v) is 2.72. The van der Waals surface area contributed by atoms with Gasteiger partial charge in [0.2, 0.25) is 0 Å². The van der Waals surface area contributed by atoms with Crippen molar-refractivity contribution in [2.75, 3.05) is 0 Å². The molecule has 0 spiro atoms. The first kappa shape index (κ1) is 12.0. The van der Waals surface area contributed by atoms with Gasteiger partial charge in [0, 0.05) is 12.3 Å². The summed E-state index contributed by atoms with van der Waals surface area (Å²) in [5.74, 6) is 0.253. The van der Waals surface area contributed by atoms with E-state index in [0.29, 0.717) is 11.5 Å². The molecule has 1 aromatic heterocycles. The normalized spacial score (nSPS) is 12.4. The van der Waals surface area contributed by atoms with E-state index in [9.17, 15) is 9.18 Å². The van der Waals surface area contributed by atoms with Crippen molar-refractivity contribution >= 4 is 15.9 Å². The van der Waals surface area contributed by atoms with Crippen LogP contribution in [0.3, 0.4) is 0 Å². The highest BCUT2D eigenvalue weighted by Crippen LogP contribution is 2.20. The molecule has 3 nitrogen and oxygen atoms in total. The van der Waals surface area contributed by atoms with E-state index in [4.69, 9.17) is 0 Å². The van der Waals surface area contributed by atoms with Crippen molar-refractivity contribution in [3.8, 4) is 5.69 Å². The van der Waals surface area contributed by atoms with Crippen LogP contribution in [-0.4, -0.2) is 9.55 Å². The average Bonchev–Trinajstić information content (AvgIpc) is 2.30. The number of aromatic nitrogens is 2. The van der Waals surface area contributed by atoms with Crippen LogP contribution in [0, 0.1) is 5.82 Å². The lowest BCUT2D eigenvalue weighted by Gasteiger charge is -2.12. The standard InChI is InChI=1S/C12H10BrFN2O/c1-8(13)12-15-7-6-11(17)16(12)10-4-2-9(14)3-5-10/h2-8H,1H3/t8-/m0/s1. The van der Waals surface area contributed by atoms with Gasteiger partial charge in [-0.2, -0.15) is 0 Å². The van der Waals surface area contributed by atoms with Gasteiger partial charge in [-0.1, -0.05) is 15.9 Å². The van der Waals surface area contributed by atoms with Gasteiger partial charge in [-0.25, -0.2) is 9.37 Å². The number of hydrogen-bond donors (Lipinski definition) is 0. The second-order valence-electron chi connectivity index (χ2n) is 3.57. The number of nitrogens with zero attached hydrogens (tertiary/aromatic N) is 2. The maximum atomic E-state index is 12.8. The Morgan fingerprint density at radius 3 is 2.53 bits per heavy atom. The fraction of sp³-hybridized carbons (Fsp3) is 0.167. The number of benzene rings is 1. The molecular weight excluding hydrogens is 287 g/mol. The molecular formula is C12H10BrFN2O. The molecule has 0 fully saturated rings. The van der Waals surface area contributed by atoms with Gasteiger partial charge < -0.3 is 0 Å². The minimum atomic E-state index is -0.334. The number of hydrogen-bond acceptors (Lipinski definition) is 2. The van der Waals surface area contributed by atoms with E-state index in [0.717, 1.165) is 0 Å². The van der Waals surface area contributed by atoms with Crippen LogP contribution in [0.4, 0.5) is 4.39 Å². The van der Waals surface area contributed by atoms with Crippen LogP contribution in [-0.2, 0) is 0 Å². The molecule has 0 unspecified atom stereocenters. The molecule has 2 aromatic rings. The zero-order valence-electron chi connectivity index (χ0n) is 9.10. The maximum absolute atomic E-state index is 12.8. The van der Waals surface area contributed by atoms with Crippen molar-refractivity contribution < 1.29 is 4.39 Å². The molecule has 0 radical (unpaired) electrons. The first-order valence-electron chi connectivity index (χ1n) is 5.07. The van der Waals surface area contributed by atoms with E-state index >= 15 is 0 Å². The zero-order chi connectivity index (χ0) is 12.4. The fourth-order valence-corrected chi connectivity index (χ4v) is 1.88. The Kier molecular flexibility index (Phi) is 3.38. The lowest BCUT2D eigenvalue weighted by molar-refractivity contribution is 0.627. The summed E-state index contributed by atoms with van der Waals surface area (Å²) < 4.78 is 14.3. The number of rotatable bonds is 2. The summed E-state index contributed by atoms with van der Waals surface area (Å²) in [4.78, 5) is 15.9. The minimum absolute atomic E-state index is 0.0681. The van der Waals surface area contributed by atoms with Crippen LogP contribution in [0.25, 0.3) is 5.69 Å². The highest BCUT2D eigenvalue weighted by molar-refractivity contribution is 9.09. The molecule has 1 atom stereocenters. The van der Waals surface area contributed by atoms with Crippen LogP contribution in [0.15, 0.2) is 41.3 Å². The molecule has 0 saturated carbocycles. The zero-order valence-corrected chi connectivity index (χ0v) is 10.7. The summed E-state index contributed by atoms with van der Waals surface area (Å²) in [5.41, 5.74) is 0.415. The molecule has 1 aromatic carbocycles. The van der Waals surface area contributed by atoms with Crippen molar-refractivity contribution in [2.45, 2.75) is 11.8 Å². The third-order valence-electron chi connectivity index (χ3n) is 2.31. The second kappa shape index (κ2) is 4.79. The molecule has 17 heavy (non-hydrogen) atoms. The van der Waals surface area contributed by atoms with Crippen LogP contribution in [0.1, 0.15) is 17.6 Å². The number of alkyl halides is 1. The molecule has 5 heteroatoms. The minimum Gasteiger partial charge on any atom is -0.269 e. The summed E-state index contributed by atoms with van der Waals surface area (Å²) >= 11 is 3.38. The van der Waals surface area contributed by atoms with Gasteiger partial charge >= 0.3 is 0 Å². The van der Waals surface area contributed by atoms with Gasteiger partial charge in [-0.15, -0.1) is 0 Å². The molecule has 0 aliphatic rings. The first-order chi connectivity index (χ1) is 8.09. The van der Waals surface area contributed by atoms with E-state index < -0.39 is 0 Å². The summed E-state index contributed by atoms with van der Waals surface area (Å²) in [6.45, 7) is 1.88. The van der Waals surface area contributed by atoms with E-state index in [-0.39, 0.29) is 16.2 Å². The molecule has 0 N–H and O–H groups in total. The van der Waals surface area contributed by atoms with Gasteiger partial charge in [0.25, 0.3) is 5.56 Å². The largest absolute Gasteiger partial charge is 0.269 e. The van der Waals surface area contributed by atoms with Gasteiger partial charge in [0.1, 0.15) is 11.6 Å². The predicted molar refractivity (Wildman–Crippen MR) is 67.1 cm³/mol. The van der Waals surface area contributed by atoms with Crippen LogP contribution in [0.5, 0.6) is 0 Å². The third kappa shape index (κ3) is 2.44. The Hall–Kier alpha value is -1.49. The van der Waals surface area contributed by atoms with Gasteiger partial charge in [-0.3, -0.25) is 9.36 Å². The molecule has 0 saturated heterocycles.